The summed E-state index contributed by atoms with van der Waals surface area (Å²) in [5, 5.41) is 10.2. The Balaban J connectivity index is 1.44. The molecule has 8 heteroatoms. The zero-order chi connectivity index (χ0) is 21.7. The Hall–Kier alpha value is -3.26. The Morgan fingerprint density at radius 3 is 2.94 bits per heavy atom. The van der Waals surface area contributed by atoms with E-state index >= 15 is 0 Å². The van der Waals surface area contributed by atoms with Crippen molar-refractivity contribution >= 4 is 27.9 Å². The number of fused-ring (bicyclic) bond motifs is 2. The predicted octanol–water partition coefficient (Wildman–Crippen LogP) is 3.60. The Morgan fingerprint density at radius 2 is 2.13 bits per heavy atom. The van der Waals surface area contributed by atoms with Crippen molar-refractivity contribution in [2.24, 2.45) is 7.05 Å². The van der Waals surface area contributed by atoms with Crippen molar-refractivity contribution in [2.45, 2.75) is 25.1 Å². The molecule has 6 nitrogen and oxygen atoms in total. The summed E-state index contributed by atoms with van der Waals surface area (Å²) in [6.07, 6.45) is 0.994. The van der Waals surface area contributed by atoms with Gasteiger partial charge in [-0.05, 0) is 35.9 Å². The number of hydrogen-bond donors (Lipinski definition) is 1. The number of rotatable bonds is 4. The fraction of sp³-hybridized carbons (Fsp3) is 0.304. The first-order chi connectivity index (χ1) is 14.9. The quantitative estimate of drug-likeness (QED) is 0.542. The average Bonchev–Trinajstić information content (AvgIpc) is 3.42. The third kappa shape index (κ3) is 3.46. The number of carbonyl (C=O) groups excluding carboxylic acids is 1. The van der Waals surface area contributed by atoms with Gasteiger partial charge in [0.2, 0.25) is 11.8 Å². The van der Waals surface area contributed by atoms with Crippen LogP contribution in [0.15, 0.2) is 47.0 Å². The molecule has 0 aliphatic carbocycles. The van der Waals surface area contributed by atoms with Gasteiger partial charge in [-0.25, -0.2) is 13.8 Å². The standard InChI is InChI=1S/C23H21F2N3O3/c1-27-11-18(17-4-3-14(24)9-20(17)27)23-26-19-5-2-13(6-21(19)31-23)7-22(30)28-10-15(25)8-16(28)12-29/h2-6,9,11,15-16,29H,7-8,10,12H2,1H3/t15-,16-/m0/s1. The second kappa shape index (κ2) is 7.46. The molecule has 1 aliphatic rings. The van der Waals surface area contributed by atoms with Crippen LogP contribution in [0.25, 0.3) is 33.5 Å². The average molecular weight is 425 g/mol. The van der Waals surface area contributed by atoms with Crippen LogP contribution in [0.2, 0.25) is 0 Å². The van der Waals surface area contributed by atoms with E-state index in [4.69, 9.17) is 4.42 Å². The molecule has 4 aromatic rings. The SMILES string of the molecule is Cn1cc(-c2nc3ccc(CC(=O)N4C[C@@H](F)C[C@H]4CO)cc3o2)c2ccc(F)cc21. The molecule has 31 heavy (non-hydrogen) atoms. The first-order valence-electron chi connectivity index (χ1n) is 10.1. The first kappa shape index (κ1) is 19.7. The number of aliphatic hydroxyl groups excluding tert-OH is 1. The largest absolute Gasteiger partial charge is 0.436 e. The Morgan fingerprint density at radius 1 is 1.29 bits per heavy atom. The van der Waals surface area contributed by atoms with Gasteiger partial charge in [-0.15, -0.1) is 0 Å². The number of benzene rings is 2. The molecule has 0 saturated carbocycles. The van der Waals surface area contributed by atoms with Crippen LogP contribution in [-0.4, -0.2) is 50.8 Å². The maximum atomic E-state index is 13.7. The number of carbonyl (C=O) groups is 1. The van der Waals surface area contributed by atoms with E-state index in [0.717, 1.165) is 22.0 Å². The summed E-state index contributed by atoms with van der Waals surface area (Å²) < 4.78 is 35.1. The van der Waals surface area contributed by atoms with Gasteiger partial charge in [0.15, 0.2) is 5.58 Å². The van der Waals surface area contributed by atoms with E-state index in [1.54, 1.807) is 24.3 Å². The smallest absolute Gasteiger partial charge is 0.229 e. The molecule has 3 heterocycles. The van der Waals surface area contributed by atoms with Gasteiger partial charge in [0, 0.05) is 25.1 Å². The van der Waals surface area contributed by atoms with Crippen LogP contribution in [0.5, 0.6) is 0 Å². The molecule has 1 saturated heterocycles. The molecular formula is C23H21F2N3O3. The highest BCUT2D eigenvalue weighted by Crippen LogP contribution is 2.32. The molecule has 1 N–H and O–H groups in total. The summed E-state index contributed by atoms with van der Waals surface area (Å²) in [5.41, 5.74) is 3.38. The van der Waals surface area contributed by atoms with Gasteiger partial charge in [0.05, 0.1) is 36.7 Å². The Bertz CT molecular complexity index is 1300. The van der Waals surface area contributed by atoms with Crippen LogP contribution < -0.4 is 0 Å². The summed E-state index contributed by atoms with van der Waals surface area (Å²) in [6.45, 7) is -0.230. The third-order valence-electron chi connectivity index (χ3n) is 5.89. The lowest BCUT2D eigenvalue weighted by atomic mass is 10.1. The highest BCUT2D eigenvalue weighted by molar-refractivity contribution is 5.95. The zero-order valence-corrected chi connectivity index (χ0v) is 16.9. The lowest BCUT2D eigenvalue weighted by Crippen LogP contribution is -2.38. The van der Waals surface area contributed by atoms with E-state index in [2.05, 4.69) is 4.98 Å². The van der Waals surface area contributed by atoms with E-state index < -0.39 is 12.2 Å². The molecule has 2 aromatic heterocycles. The monoisotopic (exact) mass is 425 g/mol. The molecule has 2 atom stereocenters. The molecule has 1 aliphatic heterocycles. The molecule has 0 spiro atoms. The summed E-state index contributed by atoms with van der Waals surface area (Å²) in [4.78, 5) is 18.6. The number of aromatic nitrogens is 2. The Kier molecular flexibility index (Phi) is 4.74. The minimum Gasteiger partial charge on any atom is -0.436 e. The predicted molar refractivity (Wildman–Crippen MR) is 112 cm³/mol. The molecule has 1 amide bonds. The topological polar surface area (TPSA) is 71.5 Å². The number of aliphatic hydroxyl groups is 1. The molecule has 5 rings (SSSR count). The van der Waals surface area contributed by atoms with Crippen molar-refractivity contribution in [3.63, 3.8) is 0 Å². The number of halogens is 2. The van der Waals surface area contributed by atoms with Crippen molar-refractivity contribution in [3.8, 4) is 11.5 Å². The van der Waals surface area contributed by atoms with Crippen LogP contribution >= 0.6 is 0 Å². The number of nitrogens with zero attached hydrogens (tertiary/aromatic N) is 3. The second-order valence-electron chi connectivity index (χ2n) is 8.03. The van der Waals surface area contributed by atoms with Crippen molar-refractivity contribution in [1.82, 2.24) is 14.5 Å². The maximum Gasteiger partial charge on any atom is 0.229 e. The number of amides is 1. The summed E-state index contributed by atoms with van der Waals surface area (Å²) >= 11 is 0. The number of likely N-dealkylation sites (tertiary alicyclic amines) is 1. The van der Waals surface area contributed by atoms with Gasteiger partial charge < -0.3 is 19.0 Å². The minimum absolute atomic E-state index is 0.0143. The second-order valence-corrected chi connectivity index (χ2v) is 8.03. The highest BCUT2D eigenvalue weighted by atomic mass is 19.1. The van der Waals surface area contributed by atoms with E-state index in [1.165, 1.54) is 17.0 Å². The van der Waals surface area contributed by atoms with Gasteiger partial charge >= 0.3 is 0 Å². The van der Waals surface area contributed by atoms with Crippen molar-refractivity contribution in [3.05, 3.63) is 54.0 Å². The number of oxazole rings is 1. The van der Waals surface area contributed by atoms with Crippen LogP contribution in [0, 0.1) is 5.82 Å². The van der Waals surface area contributed by atoms with Crippen LogP contribution in [-0.2, 0) is 18.3 Å². The van der Waals surface area contributed by atoms with Gasteiger partial charge in [-0.2, -0.15) is 0 Å². The van der Waals surface area contributed by atoms with Crippen molar-refractivity contribution in [2.75, 3.05) is 13.2 Å². The lowest BCUT2D eigenvalue weighted by molar-refractivity contribution is -0.132. The van der Waals surface area contributed by atoms with E-state index in [1.807, 2.05) is 17.8 Å². The van der Waals surface area contributed by atoms with Crippen molar-refractivity contribution in [1.29, 1.82) is 0 Å². The summed E-state index contributed by atoms with van der Waals surface area (Å²) in [5.74, 6) is -0.127. The molecule has 0 bridgehead atoms. The number of aryl methyl sites for hydroxylation is 1. The van der Waals surface area contributed by atoms with Gasteiger partial charge in [-0.1, -0.05) is 6.07 Å². The number of hydrogen-bond acceptors (Lipinski definition) is 4. The normalized spacial score (nSPS) is 19.0. The molecule has 0 radical (unpaired) electrons. The Labute approximate surface area is 176 Å². The summed E-state index contributed by atoms with van der Waals surface area (Å²) in [7, 11) is 1.83. The first-order valence-corrected chi connectivity index (χ1v) is 10.1. The highest BCUT2D eigenvalue weighted by Gasteiger charge is 2.34. The molecule has 1 fully saturated rings. The third-order valence-corrected chi connectivity index (χ3v) is 5.89. The number of alkyl halides is 1. The molecule has 160 valence electrons. The van der Waals surface area contributed by atoms with Crippen molar-refractivity contribution < 1.29 is 23.1 Å². The maximum absolute atomic E-state index is 13.7. The molecule has 0 unspecified atom stereocenters. The minimum atomic E-state index is -1.10. The van der Waals surface area contributed by atoms with E-state index in [9.17, 15) is 18.7 Å². The molecule has 2 aromatic carbocycles. The van der Waals surface area contributed by atoms with E-state index in [0.29, 0.717) is 17.0 Å². The fourth-order valence-corrected chi connectivity index (χ4v) is 4.34. The molecular weight excluding hydrogens is 404 g/mol. The van der Waals surface area contributed by atoms with Gasteiger partial charge in [-0.3, -0.25) is 4.79 Å². The van der Waals surface area contributed by atoms with Gasteiger partial charge in [0.1, 0.15) is 17.5 Å². The van der Waals surface area contributed by atoms with Crippen LogP contribution in [0.4, 0.5) is 8.78 Å². The van der Waals surface area contributed by atoms with Gasteiger partial charge in [0.25, 0.3) is 0 Å². The van der Waals surface area contributed by atoms with Crippen LogP contribution in [0.1, 0.15) is 12.0 Å². The van der Waals surface area contributed by atoms with E-state index in [-0.39, 0.29) is 37.7 Å². The van der Waals surface area contributed by atoms with Crippen LogP contribution in [0.3, 0.4) is 0 Å². The zero-order valence-electron chi connectivity index (χ0n) is 16.9. The lowest BCUT2D eigenvalue weighted by Gasteiger charge is -2.22. The fourth-order valence-electron chi connectivity index (χ4n) is 4.34. The summed E-state index contributed by atoms with van der Waals surface area (Å²) in [6, 6.07) is 9.42.